The fourth-order valence-corrected chi connectivity index (χ4v) is 1.08. The lowest BCUT2D eigenvalue weighted by Gasteiger charge is -2.21. The standard InChI is InChI=1S/C9H21N3O/c1-3-5-7-12(8-6-4-2)11-9(10)13/h3-8H2,1-2H3,(H3,10,11,13). The Morgan fingerprint density at radius 1 is 1.23 bits per heavy atom. The summed E-state index contributed by atoms with van der Waals surface area (Å²) < 4.78 is 0. The van der Waals surface area contributed by atoms with E-state index in [0.29, 0.717) is 0 Å². The molecule has 0 fully saturated rings. The minimum Gasteiger partial charge on any atom is -0.351 e. The molecule has 4 heteroatoms. The van der Waals surface area contributed by atoms with Crippen LogP contribution >= 0.6 is 0 Å². The van der Waals surface area contributed by atoms with Crippen LogP contribution in [0.15, 0.2) is 0 Å². The Bertz CT molecular complexity index is 131. The Morgan fingerprint density at radius 2 is 1.69 bits per heavy atom. The van der Waals surface area contributed by atoms with E-state index in [9.17, 15) is 4.79 Å². The van der Waals surface area contributed by atoms with Gasteiger partial charge in [0.1, 0.15) is 0 Å². The molecule has 0 bridgehead atoms. The van der Waals surface area contributed by atoms with Crippen molar-refractivity contribution in [3.63, 3.8) is 0 Å². The zero-order valence-corrected chi connectivity index (χ0v) is 8.68. The summed E-state index contributed by atoms with van der Waals surface area (Å²) in [5.41, 5.74) is 7.67. The van der Waals surface area contributed by atoms with Gasteiger partial charge < -0.3 is 5.73 Å². The molecule has 0 heterocycles. The average Bonchev–Trinajstić information content (AvgIpc) is 2.09. The second kappa shape index (κ2) is 7.86. The lowest BCUT2D eigenvalue weighted by atomic mass is 10.3. The highest BCUT2D eigenvalue weighted by molar-refractivity contribution is 5.70. The van der Waals surface area contributed by atoms with Crippen molar-refractivity contribution in [2.75, 3.05) is 13.1 Å². The summed E-state index contributed by atoms with van der Waals surface area (Å²) in [5.74, 6) is 0. The summed E-state index contributed by atoms with van der Waals surface area (Å²) in [4.78, 5) is 10.6. The van der Waals surface area contributed by atoms with E-state index in [1.54, 1.807) is 0 Å². The molecule has 78 valence electrons. The normalized spacial score (nSPS) is 10.4. The summed E-state index contributed by atoms with van der Waals surface area (Å²) >= 11 is 0. The lowest BCUT2D eigenvalue weighted by molar-refractivity contribution is 0.179. The number of nitrogens with one attached hydrogen (secondary N) is 1. The molecular formula is C9H21N3O. The maximum absolute atomic E-state index is 10.6. The first kappa shape index (κ1) is 12.2. The number of hydrogen-bond donors (Lipinski definition) is 2. The number of amides is 2. The quantitative estimate of drug-likeness (QED) is 0.593. The van der Waals surface area contributed by atoms with Gasteiger partial charge in [-0.15, -0.1) is 0 Å². The number of rotatable bonds is 7. The molecule has 0 aliphatic rings. The Balaban J connectivity index is 3.66. The number of unbranched alkanes of at least 4 members (excludes halogenated alkanes) is 2. The van der Waals surface area contributed by atoms with Gasteiger partial charge in [-0.3, -0.25) is 5.43 Å². The fourth-order valence-electron chi connectivity index (χ4n) is 1.08. The van der Waals surface area contributed by atoms with Crippen molar-refractivity contribution in [1.29, 1.82) is 0 Å². The second-order valence-corrected chi connectivity index (χ2v) is 3.17. The summed E-state index contributed by atoms with van der Waals surface area (Å²) in [6.45, 7) is 6.03. The van der Waals surface area contributed by atoms with E-state index < -0.39 is 6.03 Å². The first-order valence-corrected chi connectivity index (χ1v) is 5.01. The van der Waals surface area contributed by atoms with Gasteiger partial charge in [0.05, 0.1) is 0 Å². The summed E-state index contributed by atoms with van der Waals surface area (Å²) in [6, 6.07) is -0.466. The molecule has 13 heavy (non-hydrogen) atoms. The van der Waals surface area contributed by atoms with Crippen LogP contribution in [0.3, 0.4) is 0 Å². The highest BCUT2D eigenvalue weighted by atomic mass is 16.2. The largest absolute Gasteiger partial charge is 0.351 e. The Morgan fingerprint density at radius 3 is 2.00 bits per heavy atom. The zero-order chi connectivity index (χ0) is 10.1. The molecule has 0 rings (SSSR count). The van der Waals surface area contributed by atoms with Gasteiger partial charge in [-0.05, 0) is 12.8 Å². The first-order valence-electron chi connectivity index (χ1n) is 5.01. The molecule has 0 aromatic heterocycles. The topological polar surface area (TPSA) is 58.4 Å². The minimum atomic E-state index is -0.466. The molecule has 4 nitrogen and oxygen atoms in total. The minimum absolute atomic E-state index is 0.466. The van der Waals surface area contributed by atoms with Crippen LogP contribution in [0.2, 0.25) is 0 Å². The van der Waals surface area contributed by atoms with Crippen molar-refractivity contribution in [3.05, 3.63) is 0 Å². The van der Waals surface area contributed by atoms with E-state index in [1.165, 1.54) is 0 Å². The lowest BCUT2D eigenvalue weighted by Crippen LogP contribution is -2.45. The third-order valence-electron chi connectivity index (χ3n) is 1.83. The van der Waals surface area contributed by atoms with Crippen LogP contribution in [-0.4, -0.2) is 24.1 Å². The van der Waals surface area contributed by atoms with Crippen molar-refractivity contribution in [2.45, 2.75) is 39.5 Å². The molecule has 0 saturated carbocycles. The van der Waals surface area contributed by atoms with Crippen LogP contribution in [0.1, 0.15) is 39.5 Å². The molecule has 3 N–H and O–H groups in total. The van der Waals surface area contributed by atoms with E-state index in [0.717, 1.165) is 38.8 Å². The third-order valence-corrected chi connectivity index (χ3v) is 1.83. The highest BCUT2D eigenvalue weighted by Crippen LogP contribution is 1.95. The maximum Gasteiger partial charge on any atom is 0.326 e. The van der Waals surface area contributed by atoms with Crippen LogP contribution in [0, 0.1) is 0 Å². The van der Waals surface area contributed by atoms with Crippen LogP contribution in [-0.2, 0) is 0 Å². The van der Waals surface area contributed by atoms with Crippen molar-refractivity contribution < 1.29 is 4.79 Å². The molecule has 0 saturated heterocycles. The van der Waals surface area contributed by atoms with Crippen molar-refractivity contribution in [3.8, 4) is 0 Å². The molecule has 0 atom stereocenters. The van der Waals surface area contributed by atoms with E-state index in [4.69, 9.17) is 5.73 Å². The van der Waals surface area contributed by atoms with E-state index in [1.807, 2.05) is 5.01 Å². The van der Waals surface area contributed by atoms with E-state index in [2.05, 4.69) is 19.3 Å². The van der Waals surface area contributed by atoms with Gasteiger partial charge in [-0.25, -0.2) is 9.80 Å². The average molecular weight is 187 g/mol. The molecule has 0 aliphatic heterocycles. The van der Waals surface area contributed by atoms with Gasteiger partial charge in [-0.1, -0.05) is 26.7 Å². The van der Waals surface area contributed by atoms with Crippen molar-refractivity contribution >= 4 is 6.03 Å². The molecule has 0 aliphatic carbocycles. The summed E-state index contributed by atoms with van der Waals surface area (Å²) in [5, 5.41) is 1.90. The van der Waals surface area contributed by atoms with Gasteiger partial charge in [0.25, 0.3) is 0 Å². The van der Waals surface area contributed by atoms with Crippen LogP contribution < -0.4 is 11.2 Å². The van der Waals surface area contributed by atoms with Gasteiger partial charge in [0, 0.05) is 13.1 Å². The van der Waals surface area contributed by atoms with Crippen molar-refractivity contribution in [1.82, 2.24) is 10.4 Å². The van der Waals surface area contributed by atoms with E-state index >= 15 is 0 Å². The number of hydrogen-bond acceptors (Lipinski definition) is 2. The molecule has 0 spiro atoms. The van der Waals surface area contributed by atoms with Gasteiger partial charge in [0.2, 0.25) is 0 Å². The molecule has 0 aromatic carbocycles. The Hall–Kier alpha value is -0.770. The van der Waals surface area contributed by atoms with Gasteiger partial charge >= 0.3 is 6.03 Å². The predicted octanol–water partition coefficient (Wildman–Crippen LogP) is 1.47. The van der Waals surface area contributed by atoms with Crippen LogP contribution in [0.25, 0.3) is 0 Å². The number of hydrazine groups is 1. The second-order valence-electron chi connectivity index (χ2n) is 3.17. The van der Waals surface area contributed by atoms with Gasteiger partial charge in [-0.2, -0.15) is 0 Å². The number of urea groups is 1. The number of nitrogens with two attached hydrogens (primary N) is 1. The Labute approximate surface area is 80.4 Å². The SMILES string of the molecule is CCCCN(CCCC)NC(N)=O. The highest BCUT2D eigenvalue weighted by Gasteiger charge is 2.04. The molecular weight excluding hydrogens is 166 g/mol. The molecule has 0 aromatic rings. The summed E-state index contributed by atoms with van der Waals surface area (Å²) in [7, 11) is 0. The number of nitrogens with zero attached hydrogens (tertiary/aromatic N) is 1. The number of carbonyl (C=O) groups excluding carboxylic acids is 1. The zero-order valence-electron chi connectivity index (χ0n) is 8.68. The van der Waals surface area contributed by atoms with Crippen LogP contribution in [0.5, 0.6) is 0 Å². The van der Waals surface area contributed by atoms with E-state index in [-0.39, 0.29) is 0 Å². The van der Waals surface area contributed by atoms with Crippen molar-refractivity contribution in [2.24, 2.45) is 5.73 Å². The predicted molar refractivity (Wildman–Crippen MR) is 54.1 cm³/mol. The van der Waals surface area contributed by atoms with Crippen LogP contribution in [0.4, 0.5) is 4.79 Å². The smallest absolute Gasteiger partial charge is 0.326 e. The maximum atomic E-state index is 10.6. The monoisotopic (exact) mass is 187 g/mol. The fraction of sp³-hybridized carbons (Fsp3) is 0.889. The first-order chi connectivity index (χ1) is 6.20. The number of carbonyl (C=O) groups is 1. The number of primary amides is 1. The summed E-state index contributed by atoms with van der Waals surface area (Å²) in [6.07, 6.45) is 4.43. The third kappa shape index (κ3) is 7.59. The molecule has 0 unspecified atom stereocenters. The molecule has 0 radical (unpaired) electrons. The molecule has 2 amide bonds. The Kier molecular flexibility index (Phi) is 7.39. The van der Waals surface area contributed by atoms with Gasteiger partial charge in [0.15, 0.2) is 0 Å².